The van der Waals surface area contributed by atoms with Gasteiger partial charge in [-0.05, 0) is 12.0 Å². The molecule has 0 heterocycles. The van der Waals surface area contributed by atoms with E-state index in [4.69, 9.17) is 10.6 Å². The maximum absolute atomic E-state index is 10.5. The Kier molecular flexibility index (Phi) is 3.78. The topological polar surface area (TPSA) is 86.1 Å². The van der Waals surface area contributed by atoms with Gasteiger partial charge in [-0.3, -0.25) is 4.79 Å². The summed E-state index contributed by atoms with van der Waals surface area (Å²) in [6.45, 7) is 1.79. The molecule has 0 aromatic carbocycles. The molecule has 0 aliphatic carbocycles. The Bertz CT molecular complexity index is 198. The van der Waals surface area contributed by atoms with E-state index in [1.807, 2.05) is 0 Å². The highest BCUT2D eigenvalue weighted by molar-refractivity contribution is 7.82. The maximum atomic E-state index is 10.5. The first kappa shape index (κ1) is 10.1. The fourth-order valence-corrected chi connectivity index (χ4v) is 0.886. The van der Waals surface area contributed by atoms with Gasteiger partial charge in [0.2, 0.25) is 0 Å². The Hall–Kier alpha value is -0.870. The molecule has 0 aliphatic rings. The van der Waals surface area contributed by atoms with E-state index in [9.17, 15) is 4.79 Å². The standard InChI is InChI=1S/C5H9N3O2S/c1-2-3-5(11,4(9)10)7-8-6/h11H,2-3H2,1H3,(H,9,10). The van der Waals surface area contributed by atoms with Crippen LogP contribution in [0.4, 0.5) is 0 Å². The molecule has 0 radical (unpaired) electrons. The van der Waals surface area contributed by atoms with Crippen LogP contribution in [0.5, 0.6) is 0 Å². The monoisotopic (exact) mass is 175 g/mol. The first-order chi connectivity index (χ1) is 5.06. The van der Waals surface area contributed by atoms with E-state index < -0.39 is 10.8 Å². The molecule has 0 rings (SSSR count). The van der Waals surface area contributed by atoms with Crippen LogP contribution in [0.3, 0.4) is 0 Å². The Morgan fingerprint density at radius 1 is 1.91 bits per heavy atom. The zero-order valence-corrected chi connectivity index (χ0v) is 6.95. The van der Waals surface area contributed by atoms with E-state index in [1.54, 1.807) is 6.92 Å². The summed E-state index contributed by atoms with van der Waals surface area (Å²) in [4.78, 5) is 11.3. The van der Waals surface area contributed by atoms with E-state index >= 15 is 0 Å². The molecule has 0 amide bonds. The zero-order chi connectivity index (χ0) is 8.91. The third-order valence-corrected chi connectivity index (χ3v) is 1.66. The van der Waals surface area contributed by atoms with Crippen LogP contribution in [-0.4, -0.2) is 15.9 Å². The number of thiol groups is 1. The maximum Gasteiger partial charge on any atom is 0.325 e. The minimum Gasteiger partial charge on any atom is -0.480 e. The Morgan fingerprint density at radius 2 is 2.45 bits per heavy atom. The number of azide groups is 1. The zero-order valence-electron chi connectivity index (χ0n) is 6.06. The predicted octanol–water partition coefficient (Wildman–Crippen LogP) is 1.81. The van der Waals surface area contributed by atoms with Gasteiger partial charge in [0.15, 0.2) is 4.87 Å². The summed E-state index contributed by atoms with van der Waals surface area (Å²) in [7, 11) is 0. The van der Waals surface area contributed by atoms with Crippen molar-refractivity contribution >= 4 is 18.6 Å². The molecular formula is C5H9N3O2S. The van der Waals surface area contributed by atoms with Gasteiger partial charge in [0.1, 0.15) is 0 Å². The average Bonchev–Trinajstić information content (AvgIpc) is 1.88. The highest BCUT2D eigenvalue weighted by Crippen LogP contribution is 2.23. The lowest BCUT2D eigenvalue weighted by molar-refractivity contribution is -0.139. The summed E-state index contributed by atoms with van der Waals surface area (Å²) in [5.41, 5.74) is 8.02. The van der Waals surface area contributed by atoms with Crippen LogP contribution in [0.15, 0.2) is 5.11 Å². The first-order valence-corrected chi connectivity index (χ1v) is 3.53. The largest absolute Gasteiger partial charge is 0.480 e. The van der Waals surface area contributed by atoms with Crippen molar-refractivity contribution in [2.24, 2.45) is 5.11 Å². The highest BCUT2D eigenvalue weighted by atomic mass is 32.1. The van der Waals surface area contributed by atoms with Crippen molar-refractivity contribution in [3.05, 3.63) is 10.4 Å². The van der Waals surface area contributed by atoms with Crippen molar-refractivity contribution in [2.45, 2.75) is 24.6 Å². The Labute approximate surface area is 69.4 Å². The molecular weight excluding hydrogens is 166 g/mol. The fourth-order valence-electron chi connectivity index (χ4n) is 0.622. The van der Waals surface area contributed by atoms with Crippen LogP contribution in [0.2, 0.25) is 0 Å². The van der Waals surface area contributed by atoms with Gasteiger partial charge in [-0.15, -0.1) is 0 Å². The van der Waals surface area contributed by atoms with Crippen molar-refractivity contribution in [1.82, 2.24) is 0 Å². The lowest BCUT2D eigenvalue weighted by Gasteiger charge is -2.15. The lowest BCUT2D eigenvalue weighted by Crippen LogP contribution is -2.29. The third kappa shape index (κ3) is 2.69. The van der Waals surface area contributed by atoms with Crippen LogP contribution in [-0.2, 0) is 4.79 Å². The van der Waals surface area contributed by atoms with E-state index in [2.05, 4.69) is 22.7 Å². The van der Waals surface area contributed by atoms with Gasteiger partial charge >= 0.3 is 5.97 Å². The summed E-state index contributed by atoms with van der Waals surface area (Å²) in [5, 5.41) is 11.6. The number of nitrogens with zero attached hydrogens (tertiary/aromatic N) is 3. The molecule has 6 heteroatoms. The fraction of sp³-hybridized carbons (Fsp3) is 0.800. The van der Waals surface area contributed by atoms with E-state index in [-0.39, 0.29) is 6.42 Å². The second kappa shape index (κ2) is 4.10. The third-order valence-electron chi connectivity index (χ3n) is 1.15. The molecule has 1 atom stereocenters. The second-order valence-electron chi connectivity index (χ2n) is 2.06. The van der Waals surface area contributed by atoms with Crippen molar-refractivity contribution < 1.29 is 9.90 Å². The summed E-state index contributed by atoms with van der Waals surface area (Å²) >= 11 is 3.75. The van der Waals surface area contributed by atoms with Crippen molar-refractivity contribution in [3.63, 3.8) is 0 Å². The van der Waals surface area contributed by atoms with E-state index in [0.29, 0.717) is 6.42 Å². The summed E-state index contributed by atoms with van der Waals surface area (Å²) in [5.74, 6) is -1.21. The SMILES string of the molecule is CCCC(S)(N=[N+]=[N-])C(=O)O. The number of rotatable bonds is 4. The van der Waals surface area contributed by atoms with Gasteiger partial charge in [-0.1, -0.05) is 18.5 Å². The van der Waals surface area contributed by atoms with Crippen LogP contribution in [0.25, 0.3) is 10.4 Å². The van der Waals surface area contributed by atoms with Gasteiger partial charge in [0.25, 0.3) is 0 Å². The number of carboxylic acid groups (broad SMARTS) is 1. The lowest BCUT2D eigenvalue weighted by atomic mass is 10.2. The minimum absolute atomic E-state index is 0.232. The quantitative estimate of drug-likeness (QED) is 0.295. The van der Waals surface area contributed by atoms with Crippen LogP contribution < -0.4 is 0 Å². The Balaban J connectivity index is 4.51. The van der Waals surface area contributed by atoms with Crippen molar-refractivity contribution in [2.75, 3.05) is 0 Å². The molecule has 0 spiro atoms. The van der Waals surface area contributed by atoms with Crippen molar-refractivity contribution in [3.8, 4) is 0 Å². The number of aliphatic carboxylic acids is 1. The molecule has 0 aliphatic heterocycles. The molecule has 1 unspecified atom stereocenters. The number of hydrogen-bond donors (Lipinski definition) is 2. The first-order valence-electron chi connectivity index (χ1n) is 3.09. The number of carbonyl (C=O) groups is 1. The molecule has 0 bridgehead atoms. The molecule has 0 fully saturated rings. The van der Waals surface area contributed by atoms with Gasteiger partial charge in [-0.25, -0.2) is 0 Å². The van der Waals surface area contributed by atoms with E-state index in [1.165, 1.54) is 0 Å². The molecule has 0 saturated carbocycles. The van der Waals surface area contributed by atoms with E-state index in [0.717, 1.165) is 0 Å². The molecule has 0 saturated heterocycles. The smallest absolute Gasteiger partial charge is 0.325 e. The molecule has 0 aromatic heterocycles. The normalized spacial score (nSPS) is 14.7. The molecule has 11 heavy (non-hydrogen) atoms. The van der Waals surface area contributed by atoms with Gasteiger partial charge in [0.05, 0.1) is 0 Å². The summed E-state index contributed by atoms with van der Waals surface area (Å²) in [6.07, 6.45) is 0.838. The number of hydrogen-bond acceptors (Lipinski definition) is 3. The van der Waals surface area contributed by atoms with Gasteiger partial charge in [0, 0.05) is 4.91 Å². The van der Waals surface area contributed by atoms with Crippen LogP contribution in [0, 0.1) is 0 Å². The van der Waals surface area contributed by atoms with Gasteiger partial charge in [-0.2, -0.15) is 12.6 Å². The minimum atomic E-state index is -1.58. The number of carboxylic acids is 1. The van der Waals surface area contributed by atoms with Gasteiger partial charge < -0.3 is 5.11 Å². The Morgan fingerprint density at radius 3 is 2.73 bits per heavy atom. The molecule has 1 N–H and O–H groups in total. The van der Waals surface area contributed by atoms with Crippen molar-refractivity contribution in [1.29, 1.82) is 0 Å². The second-order valence-corrected chi connectivity index (χ2v) is 2.80. The summed E-state index contributed by atoms with van der Waals surface area (Å²) < 4.78 is 0. The average molecular weight is 175 g/mol. The molecule has 0 aromatic rings. The molecule has 5 nitrogen and oxygen atoms in total. The predicted molar refractivity (Wildman–Crippen MR) is 43.4 cm³/mol. The highest BCUT2D eigenvalue weighted by Gasteiger charge is 2.31. The van der Waals surface area contributed by atoms with Crippen LogP contribution >= 0.6 is 12.6 Å². The summed E-state index contributed by atoms with van der Waals surface area (Å²) in [6, 6.07) is 0. The molecule has 62 valence electrons. The van der Waals surface area contributed by atoms with Crippen LogP contribution in [0.1, 0.15) is 19.8 Å².